The molecule has 0 spiro atoms. The first-order valence-electron chi connectivity index (χ1n) is 1.55. The molecule has 0 heterocycles. The van der Waals surface area contributed by atoms with Crippen LogP contribution in [0.3, 0.4) is 0 Å². The van der Waals surface area contributed by atoms with Gasteiger partial charge in [0, 0.05) is 0 Å². The Balaban J connectivity index is -0.0000000417. The second kappa shape index (κ2) is 3.78. The van der Waals surface area contributed by atoms with Crippen molar-refractivity contribution in [2.24, 2.45) is 0 Å². The summed E-state index contributed by atoms with van der Waals surface area (Å²) in [5, 5.41) is 15.8. The van der Waals surface area contributed by atoms with Gasteiger partial charge in [0.15, 0.2) is 0 Å². The summed E-state index contributed by atoms with van der Waals surface area (Å²) in [6.07, 6.45) is -1.23. The number of hydrogen-bond acceptors (Lipinski definition) is 2. The van der Waals surface area contributed by atoms with E-state index in [0.717, 1.165) is 0 Å². The van der Waals surface area contributed by atoms with Crippen LogP contribution in [-0.4, -0.2) is 32.4 Å². The number of carboxylic acid groups (broad SMARTS) is 1. The van der Waals surface area contributed by atoms with Gasteiger partial charge in [0.2, 0.25) is 0 Å². The topological polar surface area (TPSA) is 57.5 Å². The molecule has 0 aromatic rings. The van der Waals surface area contributed by atoms with Crippen molar-refractivity contribution in [1.82, 2.24) is 0 Å². The predicted molar refractivity (Wildman–Crippen MR) is 27.3 cm³/mol. The summed E-state index contributed by atoms with van der Waals surface area (Å²) >= 11 is 0. The number of carboxylic acids is 1. The van der Waals surface area contributed by atoms with Crippen LogP contribution in [-0.2, 0) is 4.79 Å². The molecule has 3 nitrogen and oxygen atoms in total. The normalized spacial score (nSPS) is 11.7. The second-order valence-corrected chi connectivity index (χ2v) is 1.01. The first kappa shape index (κ1) is 9.78. The Morgan fingerprint density at radius 1 is 1.86 bits per heavy atom. The van der Waals surface area contributed by atoms with Crippen LogP contribution >= 0.6 is 0 Å². The third kappa shape index (κ3) is 5.60. The Morgan fingerprint density at radius 3 is 2.00 bits per heavy atom. The molecule has 0 amide bonds. The predicted octanol–water partition coefficient (Wildman–Crippen LogP) is -0.704. The molecule has 2 N–H and O–H groups in total. The van der Waals surface area contributed by atoms with Crippen molar-refractivity contribution in [3.05, 3.63) is 0 Å². The van der Waals surface area contributed by atoms with E-state index in [4.69, 9.17) is 10.2 Å². The van der Waals surface area contributed by atoms with Crippen LogP contribution in [0.25, 0.3) is 0 Å². The molecule has 1 unspecified atom stereocenters. The Bertz CT molecular complexity index is 68.1. The fourth-order valence-electron chi connectivity index (χ4n) is 0. The minimum absolute atomic E-state index is 0. The molecule has 0 radical (unpaired) electrons. The molecule has 0 aromatic heterocycles. The molecule has 0 fully saturated rings. The first-order valence-corrected chi connectivity index (χ1v) is 1.55. The summed E-state index contributed by atoms with van der Waals surface area (Å²) in [4.78, 5) is 9.45. The van der Waals surface area contributed by atoms with Crippen molar-refractivity contribution < 1.29 is 17.9 Å². The van der Waals surface area contributed by atoms with Crippen LogP contribution in [0.5, 0.6) is 0 Å². The second-order valence-electron chi connectivity index (χ2n) is 1.01. The van der Waals surface area contributed by atoms with Gasteiger partial charge in [-0.2, -0.15) is 0 Å². The molecule has 0 saturated heterocycles. The number of aliphatic hydroxyl groups is 1. The monoisotopic (exact) mass is 101 g/mol. The summed E-state index contributed by atoms with van der Waals surface area (Å²) in [6.45, 7) is 1.20. The van der Waals surface area contributed by atoms with Crippen LogP contribution in [0.2, 0.25) is 0 Å². The summed E-state index contributed by atoms with van der Waals surface area (Å²) in [5.41, 5.74) is 0. The summed E-state index contributed by atoms with van der Waals surface area (Å²) in [7, 11) is 0. The molecule has 4 heteroatoms. The van der Waals surface area contributed by atoms with Crippen molar-refractivity contribution in [1.29, 1.82) is 0 Å². The number of aliphatic carboxylic acids is 1. The Kier molecular flexibility index (Phi) is 5.28. The third-order valence-electron chi connectivity index (χ3n) is 0.357. The van der Waals surface area contributed by atoms with E-state index in [1.54, 1.807) is 0 Å². The van der Waals surface area contributed by atoms with Gasteiger partial charge in [0.25, 0.3) is 0 Å². The van der Waals surface area contributed by atoms with Crippen LogP contribution in [0, 0.1) is 0 Å². The number of aliphatic hydroxyl groups excluding tert-OH is 1. The maximum absolute atomic E-state index is 9.45. The number of rotatable bonds is 1. The van der Waals surface area contributed by atoms with E-state index in [9.17, 15) is 4.79 Å². The van der Waals surface area contributed by atoms with E-state index >= 15 is 0 Å². The molecule has 0 bridgehead atoms. The first-order chi connectivity index (χ1) is 2.64. The molecule has 0 rings (SSSR count). The Labute approximate surface area is 48.2 Å². The van der Waals surface area contributed by atoms with E-state index in [1.165, 1.54) is 6.92 Å². The van der Waals surface area contributed by atoms with Gasteiger partial charge < -0.3 is 13.1 Å². The third-order valence-corrected chi connectivity index (χ3v) is 0.357. The van der Waals surface area contributed by atoms with Gasteiger partial charge in [-0.15, -0.1) is 0 Å². The minimum Gasteiger partial charge on any atom is -1.00 e. The van der Waals surface area contributed by atoms with Crippen LogP contribution in [0.4, 0.5) is 0 Å². The van der Waals surface area contributed by atoms with Gasteiger partial charge in [0.05, 0.1) is 0 Å². The van der Waals surface area contributed by atoms with Crippen molar-refractivity contribution in [2.75, 3.05) is 0 Å². The largest absolute Gasteiger partial charge is 2.00 e. The van der Waals surface area contributed by atoms with Gasteiger partial charge in [-0.3, -0.25) is 0 Å². The zero-order valence-corrected chi connectivity index (χ0v) is 4.09. The fraction of sp³-hybridized carbons (Fsp3) is 0.667. The van der Waals surface area contributed by atoms with E-state index in [2.05, 4.69) is 0 Å². The van der Waals surface area contributed by atoms with Gasteiger partial charge >= 0.3 is 16.1 Å². The smallest absolute Gasteiger partial charge is 1.00 e. The van der Waals surface area contributed by atoms with E-state index < -0.39 is 12.1 Å². The van der Waals surface area contributed by atoms with E-state index in [1.807, 2.05) is 0 Å². The van der Waals surface area contributed by atoms with Gasteiger partial charge in [-0.1, -0.05) is 0 Å². The van der Waals surface area contributed by atoms with E-state index in [0.29, 0.717) is 0 Å². The molecule has 0 aliphatic rings. The SMILES string of the molecule is CC(O)C(=O)O.[Be+2].[H-].[H-]. The van der Waals surface area contributed by atoms with E-state index in [-0.39, 0.29) is 13.0 Å². The summed E-state index contributed by atoms with van der Waals surface area (Å²) in [5.74, 6) is -1.19. The fourth-order valence-corrected chi connectivity index (χ4v) is 0. The van der Waals surface area contributed by atoms with Crippen molar-refractivity contribution in [3.63, 3.8) is 0 Å². The molecule has 1 atom stereocenters. The molecular formula is C3H8BeO3. The quantitative estimate of drug-likeness (QED) is 0.429. The van der Waals surface area contributed by atoms with Crippen LogP contribution < -0.4 is 0 Å². The van der Waals surface area contributed by atoms with Crippen molar-refractivity contribution in [3.8, 4) is 0 Å². The molecule has 0 aliphatic carbocycles. The standard InChI is InChI=1S/C3H6O3.Be.2H/c1-2(4)3(5)6;;;/h2,4H,1H3,(H,5,6);;;/q;+2;2*-1. The number of hydrogen-bond donors (Lipinski definition) is 2. The average Bonchev–Trinajstić information content (AvgIpc) is 1.36. The summed E-state index contributed by atoms with van der Waals surface area (Å²) in [6, 6.07) is 0. The maximum atomic E-state index is 9.45. The average molecular weight is 101 g/mol. The Morgan fingerprint density at radius 2 is 2.00 bits per heavy atom. The van der Waals surface area contributed by atoms with Gasteiger partial charge in [-0.05, 0) is 6.92 Å². The Hall–Kier alpha value is -0.401. The molecular weight excluding hydrogens is 93.0 g/mol. The van der Waals surface area contributed by atoms with Gasteiger partial charge in [0.1, 0.15) is 6.10 Å². The molecule has 0 saturated carbocycles. The minimum atomic E-state index is -1.23. The van der Waals surface area contributed by atoms with Crippen LogP contribution in [0.1, 0.15) is 9.78 Å². The molecule has 0 aromatic carbocycles. The van der Waals surface area contributed by atoms with Gasteiger partial charge in [-0.25, -0.2) is 4.79 Å². The zero-order chi connectivity index (χ0) is 5.15. The van der Waals surface area contributed by atoms with Crippen molar-refractivity contribution >= 4 is 16.1 Å². The maximum Gasteiger partial charge on any atom is 2.00 e. The molecule has 7 heavy (non-hydrogen) atoms. The number of carbonyl (C=O) groups is 1. The zero-order valence-electron chi connectivity index (χ0n) is 6.09. The van der Waals surface area contributed by atoms with Crippen molar-refractivity contribution in [2.45, 2.75) is 13.0 Å². The molecule has 40 valence electrons. The van der Waals surface area contributed by atoms with Crippen LogP contribution in [0.15, 0.2) is 0 Å². The molecule has 0 aliphatic heterocycles. The summed E-state index contributed by atoms with van der Waals surface area (Å²) < 4.78 is 0.